The van der Waals surface area contributed by atoms with Crippen LogP contribution in [0.1, 0.15) is 26.2 Å². The van der Waals surface area contributed by atoms with Crippen molar-refractivity contribution in [2.24, 2.45) is 16.0 Å². The van der Waals surface area contributed by atoms with E-state index < -0.39 is 10.0 Å². The molecule has 0 spiro atoms. The maximum Gasteiger partial charge on any atom is 0.251 e. The number of rotatable bonds is 4. The van der Waals surface area contributed by atoms with Crippen molar-refractivity contribution in [3.05, 3.63) is 23.0 Å². The van der Waals surface area contributed by atoms with Gasteiger partial charge in [0.1, 0.15) is 0 Å². The van der Waals surface area contributed by atoms with E-state index in [4.69, 9.17) is 5.14 Å². The quantitative estimate of drug-likeness (QED) is 0.916. The third kappa shape index (κ3) is 2.99. The van der Waals surface area contributed by atoms with Gasteiger partial charge in [-0.05, 0) is 37.5 Å². The molecule has 1 fully saturated rings. The minimum absolute atomic E-state index is 0.0697. The summed E-state index contributed by atoms with van der Waals surface area (Å²) in [6.45, 7) is 2.77. The lowest BCUT2D eigenvalue weighted by Gasteiger charge is -2.03. The zero-order valence-corrected chi connectivity index (χ0v) is 13.8. The van der Waals surface area contributed by atoms with E-state index in [-0.39, 0.29) is 16.7 Å². The van der Waals surface area contributed by atoms with Crippen molar-refractivity contribution in [3.8, 4) is 0 Å². The van der Waals surface area contributed by atoms with E-state index in [2.05, 4.69) is 4.99 Å². The number of benzene rings is 1. The van der Waals surface area contributed by atoms with E-state index in [1.165, 1.54) is 17.4 Å². The predicted octanol–water partition coefficient (Wildman–Crippen LogP) is 1.60. The van der Waals surface area contributed by atoms with Crippen LogP contribution >= 0.6 is 11.3 Å². The summed E-state index contributed by atoms with van der Waals surface area (Å²) in [5.41, 5.74) is 0.876. The van der Waals surface area contributed by atoms with Crippen LogP contribution in [0.15, 0.2) is 28.1 Å². The van der Waals surface area contributed by atoms with Crippen LogP contribution in [0.4, 0.5) is 0 Å². The first kappa shape index (κ1) is 15.4. The molecule has 2 aromatic rings. The van der Waals surface area contributed by atoms with E-state index >= 15 is 0 Å². The SMILES string of the molecule is CCCn1c(=NC(=O)C2CC2)sc2cc(S(N)(=O)=O)ccc21. The van der Waals surface area contributed by atoms with Crippen LogP contribution in [0.2, 0.25) is 0 Å². The van der Waals surface area contributed by atoms with E-state index in [1.807, 2.05) is 11.5 Å². The molecule has 0 unspecified atom stereocenters. The number of nitrogens with zero attached hydrogens (tertiary/aromatic N) is 2. The summed E-state index contributed by atoms with van der Waals surface area (Å²) in [6.07, 6.45) is 2.72. The molecule has 1 amide bonds. The molecule has 1 aliphatic carbocycles. The lowest BCUT2D eigenvalue weighted by molar-refractivity contribution is -0.119. The molecule has 3 rings (SSSR count). The summed E-state index contributed by atoms with van der Waals surface area (Å²) in [7, 11) is -3.74. The number of amides is 1. The summed E-state index contributed by atoms with van der Waals surface area (Å²) in [5, 5.41) is 5.17. The van der Waals surface area contributed by atoms with E-state index in [1.54, 1.807) is 12.1 Å². The van der Waals surface area contributed by atoms with Crippen LogP contribution in [0.3, 0.4) is 0 Å². The second kappa shape index (κ2) is 5.60. The minimum Gasteiger partial charge on any atom is -0.316 e. The van der Waals surface area contributed by atoms with Crippen molar-refractivity contribution in [3.63, 3.8) is 0 Å². The van der Waals surface area contributed by atoms with Crippen LogP contribution < -0.4 is 9.94 Å². The second-order valence-corrected chi connectivity index (χ2v) is 8.01. The molecular formula is C14H17N3O3S2. The lowest BCUT2D eigenvalue weighted by Crippen LogP contribution is -2.17. The number of sulfonamides is 1. The maximum absolute atomic E-state index is 11.9. The van der Waals surface area contributed by atoms with E-state index in [0.717, 1.165) is 36.0 Å². The highest BCUT2D eigenvalue weighted by Crippen LogP contribution is 2.30. The van der Waals surface area contributed by atoms with Gasteiger partial charge in [-0.3, -0.25) is 4.79 Å². The molecule has 0 saturated heterocycles. The average Bonchev–Trinajstić information content (AvgIpc) is 3.23. The Hall–Kier alpha value is -1.51. The largest absolute Gasteiger partial charge is 0.316 e. The number of hydrogen-bond acceptors (Lipinski definition) is 4. The number of primary sulfonamides is 1. The van der Waals surface area contributed by atoms with E-state index in [0.29, 0.717) is 4.80 Å². The Bertz CT molecular complexity index is 905. The third-order valence-electron chi connectivity index (χ3n) is 3.56. The number of fused-ring (bicyclic) bond motifs is 1. The number of carbonyl (C=O) groups is 1. The average molecular weight is 339 g/mol. The van der Waals surface area contributed by atoms with Crippen molar-refractivity contribution in [2.45, 2.75) is 37.6 Å². The van der Waals surface area contributed by atoms with Crippen molar-refractivity contribution in [1.82, 2.24) is 4.57 Å². The van der Waals surface area contributed by atoms with Gasteiger partial charge in [-0.2, -0.15) is 4.99 Å². The lowest BCUT2D eigenvalue weighted by atomic mass is 10.3. The van der Waals surface area contributed by atoms with Gasteiger partial charge in [0, 0.05) is 12.5 Å². The maximum atomic E-state index is 11.9. The first-order valence-electron chi connectivity index (χ1n) is 7.15. The van der Waals surface area contributed by atoms with Crippen LogP contribution in [0.25, 0.3) is 10.2 Å². The van der Waals surface area contributed by atoms with Gasteiger partial charge in [-0.15, -0.1) is 0 Å². The van der Waals surface area contributed by atoms with Gasteiger partial charge in [-0.25, -0.2) is 13.6 Å². The fourth-order valence-electron chi connectivity index (χ4n) is 2.27. The number of carbonyl (C=O) groups excluding carboxylic acids is 1. The smallest absolute Gasteiger partial charge is 0.251 e. The molecule has 118 valence electrons. The van der Waals surface area contributed by atoms with Gasteiger partial charge < -0.3 is 4.57 Å². The third-order valence-corrected chi connectivity index (χ3v) is 5.51. The standard InChI is InChI=1S/C14H17N3O3S2/c1-2-7-17-11-6-5-10(22(15,19)20)8-12(11)21-14(17)16-13(18)9-3-4-9/h5-6,8-9H,2-4,7H2,1H3,(H2,15,19,20). The molecule has 0 atom stereocenters. The molecule has 1 aliphatic rings. The summed E-state index contributed by atoms with van der Waals surface area (Å²) < 4.78 is 25.7. The number of hydrogen-bond donors (Lipinski definition) is 1. The monoisotopic (exact) mass is 339 g/mol. The molecule has 22 heavy (non-hydrogen) atoms. The number of nitrogens with two attached hydrogens (primary N) is 1. The fraction of sp³-hybridized carbons (Fsp3) is 0.429. The van der Waals surface area contributed by atoms with Crippen molar-refractivity contribution in [2.75, 3.05) is 0 Å². The van der Waals surface area contributed by atoms with Crippen LogP contribution in [-0.4, -0.2) is 18.9 Å². The highest BCUT2D eigenvalue weighted by molar-refractivity contribution is 7.89. The molecular weight excluding hydrogens is 322 g/mol. The molecule has 0 radical (unpaired) electrons. The Balaban J connectivity index is 2.18. The van der Waals surface area contributed by atoms with Gasteiger partial charge in [0.2, 0.25) is 10.0 Å². The van der Waals surface area contributed by atoms with Crippen molar-refractivity contribution >= 4 is 37.5 Å². The number of aryl methyl sites for hydroxylation is 1. The summed E-state index contributed by atoms with van der Waals surface area (Å²) in [6, 6.07) is 4.76. The Morgan fingerprint density at radius 1 is 1.45 bits per heavy atom. The minimum atomic E-state index is -3.74. The van der Waals surface area contributed by atoms with Crippen LogP contribution in [-0.2, 0) is 21.4 Å². The molecule has 1 saturated carbocycles. The Morgan fingerprint density at radius 3 is 2.77 bits per heavy atom. The zero-order valence-electron chi connectivity index (χ0n) is 12.2. The first-order chi connectivity index (χ1) is 10.4. The molecule has 0 bridgehead atoms. The van der Waals surface area contributed by atoms with Crippen LogP contribution in [0.5, 0.6) is 0 Å². The molecule has 0 aliphatic heterocycles. The molecule has 8 heteroatoms. The summed E-state index contributed by atoms with van der Waals surface area (Å²) in [5.74, 6) is -0.0108. The predicted molar refractivity (Wildman–Crippen MR) is 84.8 cm³/mol. The molecule has 1 heterocycles. The molecule has 1 aromatic carbocycles. The second-order valence-electron chi connectivity index (χ2n) is 5.44. The summed E-state index contributed by atoms with van der Waals surface area (Å²) >= 11 is 1.32. The normalized spacial score (nSPS) is 16.4. The van der Waals surface area contributed by atoms with Crippen LogP contribution in [0, 0.1) is 5.92 Å². The Kier molecular flexibility index (Phi) is 3.92. The van der Waals surface area contributed by atoms with Gasteiger partial charge >= 0.3 is 0 Å². The molecule has 2 N–H and O–H groups in total. The van der Waals surface area contributed by atoms with Gasteiger partial charge in [-0.1, -0.05) is 18.3 Å². The van der Waals surface area contributed by atoms with Gasteiger partial charge in [0.15, 0.2) is 4.80 Å². The molecule has 1 aromatic heterocycles. The Morgan fingerprint density at radius 2 is 2.18 bits per heavy atom. The molecule has 6 nitrogen and oxygen atoms in total. The van der Waals surface area contributed by atoms with E-state index in [9.17, 15) is 13.2 Å². The fourth-order valence-corrected chi connectivity index (χ4v) is 3.99. The number of aromatic nitrogens is 1. The summed E-state index contributed by atoms with van der Waals surface area (Å²) in [4.78, 5) is 16.9. The first-order valence-corrected chi connectivity index (χ1v) is 9.51. The van der Waals surface area contributed by atoms with Gasteiger partial charge in [0.05, 0.1) is 15.1 Å². The van der Waals surface area contributed by atoms with Crippen molar-refractivity contribution in [1.29, 1.82) is 0 Å². The number of thiazole rings is 1. The topological polar surface area (TPSA) is 94.5 Å². The zero-order chi connectivity index (χ0) is 15.9. The highest BCUT2D eigenvalue weighted by atomic mass is 32.2. The highest BCUT2D eigenvalue weighted by Gasteiger charge is 2.29. The Labute approximate surface area is 132 Å². The van der Waals surface area contributed by atoms with Gasteiger partial charge in [0.25, 0.3) is 5.91 Å². The van der Waals surface area contributed by atoms with Crippen molar-refractivity contribution < 1.29 is 13.2 Å².